The number of aromatic nitrogens is 1. The van der Waals surface area contributed by atoms with Gasteiger partial charge in [-0.05, 0) is 48.9 Å². The molecule has 3 aromatic rings. The number of halogens is 1. The van der Waals surface area contributed by atoms with E-state index in [1.165, 1.54) is 6.20 Å². The first kappa shape index (κ1) is 17.2. The van der Waals surface area contributed by atoms with Crippen molar-refractivity contribution in [3.05, 3.63) is 70.9 Å². The third kappa shape index (κ3) is 3.80. The first-order valence-electron chi connectivity index (χ1n) is 8.29. The van der Waals surface area contributed by atoms with Gasteiger partial charge >= 0.3 is 0 Å². The number of hydrogen-bond donors (Lipinski definition) is 2. The lowest BCUT2D eigenvalue weighted by atomic mass is 10.2. The number of nitrogens with zero attached hydrogens (tertiary/aromatic N) is 1. The molecule has 0 spiro atoms. The quantitative estimate of drug-likeness (QED) is 0.681. The van der Waals surface area contributed by atoms with Crippen molar-refractivity contribution >= 4 is 34.7 Å². The third-order valence-electron chi connectivity index (χ3n) is 4.12. The molecule has 2 aromatic carbocycles. The molecule has 1 aliphatic heterocycles. The van der Waals surface area contributed by atoms with Gasteiger partial charge in [-0.25, -0.2) is 4.98 Å². The number of carbonyl (C=O) groups excluding carboxylic acids is 1. The minimum absolute atomic E-state index is 0.229. The van der Waals surface area contributed by atoms with Crippen LogP contribution in [0.25, 0.3) is 0 Å². The van der Waals surface area contributed by atoms with Crippen LogP contribution in [0.2, 0.25) is 5.02 Å². The molecular formula is C20H16ClN3O3. The number of fused-ring (bicyclic) bond motifs is 1. The van der Waals surface area contributed by atoms with Crippen LogP contribution < -0.4 is 20.1 Å². The Bertz CT molecular complexity index is 1010. The number of aryl methyl sites for hydroxylation is 1. The first-order chi connectivity index (χ1) is 13.1. The molecule has 6 nitrogen and oxygen atoms in total. The van der Waals surface area contributed by atoms with E-state index in [4.69, 9.17) is 21.1 Å². The molecule has 0 radical (unpaired) electrons. The van der Waals surface area contributed by atoms with Crippen molar-refractivity contribution in [2.45, 2.75) is 6.92 Å². The van der Waals surface area contributed by atoms with Crippen LogP contribution >= 0.6 is 11.6 Å². The Morgan fingerprint density at radius 2 is 1.93 bits per heavy atom. The molecule has 1 amide bonds. The molecule has 136 valence electrons. The molecule has 0 bridgehead atoms. The maximum atomic E-state index is 12.4. The van der Waals surface area contributed by atoms with Gasteiger partial charge < -0.3 is 20.1 Å². The van der Waals surface area contributed by atoms with Crippen molar-refractivity contribution in [1.82, 2.24) is 4.98 Å². The molecule has 7 heteroatoms. The smallest absolute Gasteiger partial charge is 0.257 e. The van der Waals surface area contributed by atoms with Gasteiger partial charge in [0.15, 0.2) is 11.5 Å². The highest BCUT2D eigenvalue weighted by Crippen LogP contribution is 2.34. The summed E-state index contributed by atoms with van der Waals surface area (Å²) in [5.41, 5.74) is 2.88. The van der Waals surface area contributed by atoms with Gasteiger partial charge in [-0.1, -0.05) is 17.7 Å². The van der Waals surface area contributed by atoms with Crippen LogP contribution in [0.4, 0.5) is 17.2 Å². The summed E-state index contributed by atoms with van der Waals surface area (Å²) in [5, 5.41) is 6.59. The van der Waals surface area contributed by atoms with Crippen LogP contribution in [0.15, 0.2) is 54.7 Å². The predicted octanol–water partition coefficient (Wildman–Crippen LogP) is 4.77. The lowest BCUT2D eigenvalue weighted by molar-refractivity contribution is 0.102. The highest BCUT2D eigenvalue weighted by atomic mass is 35.5. The van der Waals surface area contributed by atoms with Gasteiger partial charge in [0.25, 0.3) is 5.91 Å². The Morgan fingerprint density at radius 3 is 2.74 bits per heavy atom. The maximum Gasteiger partial charge on any atom is 0.257 e. The zero-order valence-electron chi connectivity index (χ0n) is 14.5. The lowest BCUT2D eigenvalue weighted by Gasteiger charge is -2.10. The van der Waals surface area contributed by atoms with Crippen LogP contribution in [-0.2, 0) is 0 Å². The number of amides is 1. The third-order valence-corrected chi connectivity index (χ3v) is 4.35. The highest BCUT2D eigenvalue weighted by Gasteiger charge is 2.14. The number of carbonyl (C=O) groups is 1. The van der Waals surface area contributed by atoms with E-state index in [2.05, 4.69) is 15.6 Å². The summed E-state index contributed by atoms with van der Waals surface area (Å²) in [6.45, 7) is 2.13. The van der Waals surface area contributed by atoms with Gasteiger partial charge in [0, 0.05) is 28.7 Å². The molecule has 0 fully saturated rings. The van der Waals surface area contributed by atoms with Crippen molar-refractivity contribution in [3.8, 4) is 11.5 Å². The Labute approximate surface area is 161 Å². The molecule has 2 N–H and O–H groups in total. The van der Waals surface area contributed by atoms with E-state index in [-0.39, 0.29) is 12.7 Å². The molecule has 0 saturated heterocycles. The fraction of sp³-hybridized carbons (Fsp3) is 0.100. The summed E-state index contributed by atoms with van der Waals surface area (Å²) in [5.74, 6) is 1.77. The van der Waals surface area contributed by atoms with Crippen LogP contribution in [0.1, 0.15) is 15.9 Å². The van der Waals surface area contributed by atoms with Gasteiger partial charge in [-0.3, -0.25) is 4.79 Å². The summed E-state index contributed by atoms with van der Waals surface area (Å²) in [4.78, 5) is 16.7. The Hall–Kier alpha value is -3.25. The molecule has 0 unspecified atom stereocenters. The number of benzene rings is 2. The molecule has 1 aromatic heterocycles. The van der Waals surface area contributed by atoms with Crippen molar-refractivity contribution in [3.63, 3.8) is 0 Å². The zero-order chi connectivity index (χ0) is 18.8. The minimum Gasteiger partial charge on any atom is -0.454 e. The molecule has 0 atom stereocenters. The predicted molar refractivity (Wildman–Crippen MR) is 104 cm³/mol. The topological polar surface area (TPSA) is 72.5 Å². The fourth-order valence-electron chi connectivity index (χ4n) is 2.65. The van der Waals surface area contributed by atoms with Crippen LogP contribution in [0.5, 0.6) is 11.5 Å². The number of rotatable bonds is 4. The fourth-order valence-corrected chi connectivity index (χ4v) is 2.82. The monoisotopic (exact) mass is 381 g/mol. The van der Waals surface area contributed by atoms with E-state index in [9.17, 15) is 4.79 Å². The van der Waals surface area contributed by atoms with E-state index in [1.54, 1.807) is 24.3 Å². The van der Waals surface area contributed by atoms with Crippen molar-refractivity contribution in [2.75, 3.05) is 17.4 Å². The Kier molecular flexibility index (Phi) is 4.56. The number of hydrogen-bond acceptors (Lipinski definition) is 5. The zero-order valence-corrected chi connectivity index (χ0v) is 15.2. The van der Waals surface area contributed by atoms with Crippen molar-refractivity contribution < 1.29 is 14.3 Å². The summed E-state index contributed by atoms with van der Waals surface area (Å²) >= 11 is 5.99. The van der Waals surface area contributed by atoms with E-state index < -0.39 is 0 Å². The van der Waals surface area contributed by atoms with Gasteiger partial charge in [0.1, 0.15) is 5.82 Å². The number of nitrogens with one attached hydrogen (secondary N) is 2. The minimum atomic E-state index is -0.248. The summed E-state index contributed by atoms with van der Waals surface area (Å²) in [7, 11) is 0. The molecule has 27 heavy (non-hydrogen) atoms. The normalized spacial score (nSPS) is 11.9. The Balaban J connectivity index is 1.45. The first-order valence-corrected chi connectivity index (χ1v) is 8.66. The highest BCUT2D eigenvalue weighted by molar-refractivity contribution is 6.31. The van der Waals surface area contributed by atoms with E-state index in [0.717, 1.165) is 17.0 Å². The largest absolute Gasteiger partial charge is 0.454 e. The average molecular weight is 382 g/mol. The Morgan fingerprint density at radius 1 is 1.07 bits per heavy atom. The second-order valence-corrected chi connectivity index (χ2v) is 6.47. The summed E-state index contributed by atoms with van der Waals surface area (Å²) in [6, 6.07) is 14.4. The van der Waals surface area contributed by atoms with Gasteiger partial charge in [0.05, 0.1) is 5.56 Å². The maximum absolute atomic E-state index is 12.4. The molecule has 0 saturated carbocycles. The van der Waals surface area contributed by atoms with Gasteiger partial charge in [-0.2, -0.15) is 0 Å². The van der Waals surface area contributed by atoms with E-state index in [0.29, 0.717) is 27.8 Å². The van der Waals surface area contributed by atoms with Crippen LogP contribution in [-0.4, -0.2) is 17.7 Å². The van der Waals surface area contributed by atoms with Gasteiger partial charge in [-0.15, -0.1) is 0 Å². The number of anilines is 3. The van der Waals surface area contributed by atoms with Crippen LogP contribution in [0, 0.1) is 6.92 Å². The van der Waals surface area contributed by atoms with Crippen molar-refractivity contribution in [2.24, 2.45) is 0 Å². The van der Waals surface area contributed by atoms with E-state index in [1.807, 2.05) is 31.2 Å². The summed E-state index contributed by atoms with van der Waals surface area (Å²) < 4.78 is 10.6. The second kappa shape index (κ2) is 7.17. The molecule has 1 aliphatic rings. The van der Waals surface area contributed by atoms with Gasteiger partial charge in [0.2, 0.25) is 6.79 Å². The van der Waals surface area contributed by atoms with Crippen LogP contribution in [0.3, 0.4) is 0 Å². The number of pyridine rings is 1. The lowest BCUT2D eigenvalue weighted by Crippen LogP contribution is -2.13. The van der Waals surface area contributed by atoms with E-state index >= 15 is 0 Å². The molecule has 4 rings (SSSR count). The standard InChI is InChI=1S/C20H16ClN3O3/c1-12-2-4-14(21)8-16(12)24-20(25)13-3-7-19(22-10-13)23-15-5-6-17-18(9-15)27-11-26-17/h2-10H,11H2,1H3,(H,22,23)(H,24,25). The molecule has 0 aliphatic carbocycles. The second-order valence-electron chi connectivity index (χ2n) is 6.04. The SMILES string of the molecule is Cc1ccc(Cl)cc1NC(=O)c1ccc(Nc2ccc3c(c2)OCO3)nc1. The molecular weight excluding hydrogens is 366 g/mol. The molecule has 2 heterocycles. The van der Waals surface area contributed by atoms with Crippen molar-refractivity contribution in [1.29, 1.82) is 0 Å². The average Bonchev–Trinajstić information content (AvgIpc) is 3.13. The summed E-state index contributed by atoms with van der Waals surface area (Å²) in [6.07, 6.45) is 1.52. The number of ether oxygens (including phenoxy) is 2.